The van der Waals surface area contributed by atoms with Crippen molar-refractivity contribution in [3.63, 3.8) is 0 Å². The highest BCUT2D eigenvalue weighted by Crippen LogP contribution is 2.30. The predicted octanol–water partition coefficient (Wildman–Crippen LogP) is 1.06. The van der Waals surface area contributed by atoms with E-state index in [2.05, 4.69) is 22.7 Å². The maximum atomic E-state index is 12.4. The van der Waals surface area contributed by atoms with Gasteiger partial charge in [-0.1, -0.05) is 6.92 Å². The quantitative estimate of drug-likeness (QED) is 0.877. The Morgan fingerprint density at radius 2 is 2.20 bits per heavy atom. The van der Waals surface area contributed by atoms with Gasteiger partial charge in [0.2, 0.25) is 5.91 Å². The summed E-state index contributed by atoms with van der Waals surface area (Å²) in [6, 6.07) is 0.401. The van der Waals surface area contributed by atoms with E-state index in [1.54, 1.807) is 4.68 Å². The molecule has 1 saturated carbocycles. The summed E-state index contributed by atoms with van der Waals surface area (Å²) in [6.45, 7) is 3.87. The SMILES string of the molecule is CC1CC(NC(=O)[C@H]2CNC[C@@H]2c2cnn(C)c2)C1.Cl. The molecule has 2 N–H and O–H groups in total. The summed E-state index contributed by atoms with van der Waals surface area (Å²) in [4.78, 5) is 12.4. The first-order chi connectivity index (χ1) is 9.13. The number of halogens is 1. The Morgan fingerprint density at radius 1 is 1.45 bits per heavy atom. The molecule has 6 heteroatoms. The van der Waals surface area contributed by atoms with Crippen molar-refractivity contribution in [2.75, 3.05) is 13.1 Å². The lowest BCUT2D eigenvalue weighted by molar-refractivity contribution is -0.126. The molecule has 112 valence electrons. The van der Waals surface area contributed by atoms with Crippen LogP contribution in [0.3, 0.4) is 0 Å². The van der Waals surface area contributed by atoms with E-state index in [9.17, 15) is 4.79 Å². The molecule has 0 radical (unpaired) electrons. The van der Waals surface area contributed by atoms with Gasteiger partial charge in [0, 0.05) is 38.3 Å². The molecule has 0 spiro atoms. The zero-order valence-electron chi connectivity index (χ0n) is 12.0. The first kappa shape index (κ1) is 15.3. The molecule has 2 heterocycles. The van der Waals surface area contributed by atoms with Gasteiger partial charge in [-0.05, 0) is 24.3 Å². The highest BCUT2D eigenvalue weighted by atomic mass is 35.5. The number of carbonyl (C=O) groups is 1. The summed E-state index contributed by atoms with van der Waals surface area (Å²) < 4.78 is 1.80. The van der Waals surface area contributed by atoms with Crippen LogP contribution in [0.15, 0.2) is 12.4 Å². The summed E-state index contributed by atoms with van der Waals surface area (Å²) in [7, 11) is 1.91. The normalized spacial score (nSPS) is 32.3. The van der Waals surface area contributed by atoms with E-state index in [0.29, 0.717) is 6.04 Å². The van der Waals surface area contributed by atoms with Gasteiger partial charge in [-0.3, -0.25) is 9.48 Å². The average molecular weight is 299 g/mol. The van der Waals surface area contributed by atoms with Crippen molar-refractivity contribution in [3.8, 4) is 0 Å². The maximum Gasteiger partial charge on any atom is 0.225 e. The Bertz CT molecular complexity index is 469. The van der Waals surface area contributed by atoms with Crippen molar-refractivity contribution in [2.24, 2.45) is 18.9 Å². The second-order valence-electron chi connectivity index (χ2n) is 6.10. The first-order valence-corrected chi connectivity index (χ1v) is 7.13. The van der Waals surface area contributed by atoms with Gasteiger partial charge in [0.1, 0.15) is 0 Å². The van der Waals surface area contributed by atoms with E-state index in [0.717, 1.165) is 37.4 Å². The Hall–Kier alpha value is -1.07. The van der Waals surface area contributed by atoms with E-state index in [4.69, 9.17) is 0 Å². The lowest BCUT2D eigenvalue weighted by Gasteiger charge is -2.34. The fraction of sp³-hybridized carbons (Fsp3) is 0.714. The summed E-state index contributed by atoms with van der Waals surface area (Å²) >= 11 is 0. The zero-order chi connectivity index (χ0) is 13.4. The summed E-state index contributed by atoms with van der Waals surface area (Å²) in [5.74, 6) is 1.27. The molecular weight excluding hydrogens is 276 g/mol. The number of carbonyl (C=O) groups excluding carboxylic acids is 1. The minimum atomic E-state index is 0. The number of nitrogens with zero attached hydrogens (tertiary/aromatic N) is 2. The van der Waals surface area contributed by atoms with Gasteiger partial charge in [-0.15, -0.1) is 12.4 Å². The Kier molecular flexibility index (Phi) is 4.70. The third kappa shape index (κ3) is 2.99. The van der Waals surface area contributed by atoms with Gasteiger partial charge in [0.25, 0.3) is 0 Å². The monoisotopic (exact) mass is 298 g/mol. The van der Waals surface area contributed by atoms with Crippen molar-refractivity contribution in [3.05, 3.63) is 18.0 Å². The summed E-state index contributed by atoms with van der Waals surface area (Å²) in [6.07, 6.45) is 6.15. The molecule has 2 atom stereocenters. The van der Waals surface area contributed by atoms with Crippen LogP contribution in [0.2, 0.25) is 0 Å². The summed E-state index contributed by atoms with van der Waals surface area (Å²) in [5, 5.41) is 10.7. The minimum Gasteiger partial charge on any atom is -0.353 e. The van der Waals surface area contributed by atoms with E-state index in [1.165, 1.54) is 0 Å². The Morgan fingerprint density at radius 3 is 2.80 bits per heavy atom. The topological polar surface area (TPSA) is 59.0 Å². The first-order valence-electron chi connectivity index (χ1n) is 7.13. The van der Waals surface area contributed by atoms with Gasteiger partial charge in [-0.2, -0.15) is 5.10 Å². The van der Waals surface area contributed by atoms with Gasteiger partial charge < -0.3 is 10.6 Å². The molecule has 1 saturated heterocycles. The van der Waals surface area contributed by atoms with E-state index in [1.807, 2.05) is 19.4 Å². The molecule has 0 unspecified atom stereocenters. The lowest BCUT2D eigenvalue weighted by atomic mass is 9.81. The molecule has 20 heavy (non-hydrogen) atoms. The van der Waals surface area contributed by atoms with Crippen LogP contribution in [-0.2, 0) is 11.8 Å². The highest BCUT2D eigenvalue weighted by molar-refractivity contribution is 5.85. The number of amides is 1. The third-order valence-electron chi connectivity index (χ3n) is 4.42. The average Bonchev–Trinajstić information content (AvgIpc) is 2.94. The van der Waals surface area contributed by atoms with Crippen LogP contribution >= 0.6 is 12.4 Å². The zero-order valence-corrected chi connectivity index (χ0v) is 12.8. The molecular formula is C14H23ClN4O. The number of hydrogen-bond donors (Lipinski definition) is 2. The molecule has 1 aliphatic heterocycles. The van der Waals surface area contributed by atoms with Crippen LogP contribution in [0, 0.1) is 11.8 Å². The van der Waals surface area contributed by atoms with Crippen molar-refractivity contribution in [1.29, 1.82) is 0 Å². The van der Waals surface area contributed by atoms with E-state index in [-0.39, 0.29) is 30.2 Å². The Balaban J connectivity index is 0.00000147. The molecule has 1 aliphatic carbocycles. The standard InChI is InChI=1S/C14H22N4O.ClH/c1-9-3-11(4-9)17-14(19)13-7-15-6-12(13)10-5-16-18(2)8-10;/h5,8-9,11-13,15H,3-4,6-7H2,1-2H3,(H,17,19);1H/t9?,11?,12-,13+;/m1./s1. The van der Waals surface area contributed by atoms with E-state index >= 15 is 0 Å². The molecule has 1 aromatic rings. The molecule has 5 nitrogen and oxygen atoms in total. The number of aromatic nitrogens is 2. The molecule has 1 amide bonds. The van der Waals surface area contributed by atoms with Crippen molar-refractivity contribution in [1.82, 2.24) is 20.4 Å². The third-order valence-corrected chi connectivity index (χ3v) is 4.42. The van der Waals surface area contributed by atoms with E-state index < -0.39 is 0 Å². The largest absolute Gasteiger partial charge is 0.353 e. The fourth-order valence-corrected chi connectivity index (χ4v) is 3.26. The van der Waals surface area contributed by atoms with Crippen molar-refractivity contribution >= 4 is 18.3 Å². The van der Waals surface area contributed by atoms with Crippen LogP contribution in [0.1, 0.15) is 31.2 Å². The second-order valence-corrected chi connectivity index (χ2v) is 6.10. The fourth-order valence-electron chi connectivity index (χ4n) is 3.26. The molecule has 1 aromatic heterocycles. The van der Waals surface area contributed by atoms with Crippen LogP contribution < -0.4 is 10.6 Å². The van der Waals surface area contributed by atoms with Gasteiger partial charge in [-0.25, -0.2) is 0 Å². The van der Waals surface area contributed by atoms with Gasteiger partial charge >= 0.3 is 0 Å². The number of aryl methyl sites for hydroxylation is 1. The van der Waals surface area contributed by atoms with Crippen LogP contribution in [0.4, 0.5) is 0 Å². The lowest BCUT2D eigenvalue weighted by Crippen LogP contribution is -2.46. The molecule has 3 rings (SSSR count). The van der Waals surface area contributed by atoms with Crippen LogP contribution in [0.25, 0.3) is 0 Å². The van der Waals surface area contributed by atoms with Crippen molar-refractivity contribution in [2.45, 2.75) is 31.7 Å². The number of rotatable bonds is 3. The molecule has 2 aliphatic rings. The van der Waals surface area contributed by atoms with Crippen LogP contribution in [0.5, 0.6) is 0 Å². The minimum absolute atomic E-state index is 0. The molecule has 0 bridgehead atoms. The number of nitrogens with one attached hydrogen (secondary N) is 2. The molecule has 0 aromatic carbocycles. The summed E-state index contributed by atoms with van der Waals surface area (Å²) in [5.41, 5.74) is 1.16. The Labute approximate surface area is 125 Å². The van der Waals surface area contributed by atoms with Crippen molar-refractivity contribution < 1.29 is 4.79 Å². The van der Waals surface area contributed by atoms with Crippen LogP contribution in [-0.4, -0.2) is 34.8 Å². The maximum absolute atomic E-state index is 12.4. The predicted molar refractivity (Wildman–Crippen MR) is 79.9 cm³/mol. The second kappa shape index (κ2) is 6.14. The van der Waals surface area contributed by atoms with Gasteiger partial charge in [0.05, 0.1) is 12.1 Å². The van der Waals surface area contributed by atoms with Gasteiger partial charge in [0.15, 0.2) is 0 Å². The smallest absolute Gasteiger partial charge is 0.225 e. The highest BCUT2D eigenvalue weighted by Gasteiger charge is 2.36. The molecule has 2 fully saturated rings. The number of hydrogen-bond acceptors (Lipinski definition) is 3.